The van der Waals surface area contributed by atoms with Crippen LogP contribution in [-0.2, 0) is 36.8 Å². The predicted molar refractivity (Wildman–Crippen MR) is 149 cm³/mol. The van der Waals surface area contributed by atoms with Crippen LogP contribution >= 0.6 is 11.8 Å². The highest BCUT2D eigenvalue weighted by molar-refractivity contribution is 7.98. The van der Waals surface area contributed by atoms with Crippen LogP contribution in [0.5, 0.6) is 0 Å². The average Bonchev–Trinajstić information content (AvgIpc) is 2.93. The van der Waals surface area contributed by atoms with E-state index in [-0.39, 0.29) is 19.3 Å². The lowest BCUT2D eigenvalue weighted by Gasteiger charge is -2.22. The minimum Gasteiger partial charge on any atom is -0.480 e. The van der Waals surface area contributed by atoms with Gasteiger partial charge in [-0.15, -0.1) is 0 Å². The molecule has 3 atom stereocenters. The zero-order valence-electron chi connectivity index (χ0n) is 22.0. The first-order chi connectivity index (χ1) is 19.1. The normalized spacial score (nSPS) is 12.9. The number of nitrogens with two attached hydrogens (primary N) is 1. The number of carbonyl (C=O) groups is 5. The molecule has 0 aromatic heterocycles. The molecule has 0 aliphatic rings. The highest BCUT2D eigenvalue weighted by Gasteiger charge is 2.27. The Balaban J connectivity index is 1.88. The van der Waals surface area contributed by atoms with Crippen molar-refractivity contribution >= 4 is 41.4 Å². The fraction of sp³-hybridized carbons (Fsp3) is 0.370. The summed E-state index contributed by atoms with van der Waals surface area (Å²) in [5.41, 5.74) is 7.23. The first-order valence-electron chi connectivity index (χ1n) is 12.5. The van der Waals surface area contributed by atoms with Gasteiger partial charge in [0.2, 0.25) is 23.6 Å². The van der Waals surface area contributed by atoms with Gasteiger partial charge < -0.3 is 32.1 Å². The van der Waals surface area contributed by atoms with Crippen LogP contribution in [0.4, 0.5) is 4.39 Å². The van der Waals surface area contributed by atoms with Gasteiger partial charge in [-0.2, -0.15) is 11.8 Å². The van der Waals surface area contributed by atoms with Crippen molar-refractivity contribution in [1.29, 1.82) is 0 Å². The van der Waals surface area contributed by atoms with Crippen LogP contribution in [0.2, 0.25) is 0 Å². The molecule has 2 rings (SSSR count). The predicted octanol–water partition coefficient (Wildman–Crippen LogP) is -0.0221. The molecule has 40 heavy (non-hydrogen) atoms. The van der Waals surface area contributed by atoms with Crippen LogP contribution in [-0.4, -0.2) is 77.9 Å². The third-order valence-electron chi connectivity index (χ3n) is 5.73. The molecule has 0 fully saturated rings. The lowest BCUT2D eigenvalue weighted by molar-refractivity contribution is -0.142. The van der Waals surface area contributed by atoms with Crippen molar-refractivity contribution in [1.82, 2.24) is 21.3 Å². The Morgan fingerprint density at radius 1 is 0.825 bits per heavy atom. The first-order valence-corrected chi connectivity index (χ1v) is 13.9. The molecular formula is C27H34FN5O6S. The van der Waals surface area contributed by atoms with Crippen LogP contribution in [0.1, 0.15) is 17.5 Å². The topological polar surface area (TPSA) is 180 Å². The van der Waals surface area contributed by atoms with E-state index in [0.29, 0.717) is 11.3 Å². The second-order valence-corrected chi connectivity index (χ2v) is 9.91. The van der Waals surface area contributed by atoms with E-state index in [9.17, 15) is 33.5 Å². The molecule has 13 heteroatoms. The molecule has 0 aliphatic carbocycles. The van der Waals surface area contributed by atoms with Crippen LogP contribution in [0.3, 0.4) is 0 Å². The maximum Gasteiger partial charge on any atom is 0.326 e. The molecule has 3 unspecified atom stereocenters. The maximum atomic E-state index is 13.0. The number of hydrogen-bond donors (Lipinski definition) is 6. The molecule has 0 saturated heterocycles. The molecule has 2 aromatic rings. The van der Waals surface area contributed by atoms with E-state index < -0.39 is 66.6 Å². The minimum absolute atomic E-state index is 0.100. The molecule has 0 saturated carbocycles. The number of benzene rings is 2. The van der Waals surface area contributed by atoms with Gasteiger partial charge >= 0.3 is 5.97 Å². The van der Waals surface area contributed by atoms with Gasteiger partial charge in [0, 0.05) is 6.42 Å². The Morgan fingerprint density at radius 3 is 2.08 bits per heavy atom. The van der Waals surface area contributed by atoms with Gasteiger partial charge in [0.25, 0.3) is 0 Å². The van der Waals surface area contributed by atoms with E-state index in [1.165, 1.54) is 36.0 Å². The van der Waals surface area contributed by atoms with E-state index in [1.807, 2.05) is 6.26 Å². The van der Waals surface area contributed by atoms with E-state index in [2.05, 4.69) is 21.3 Å². The number of carboxylic acids is 1. The number of hydrogen-bond acceptors (Lipinski definition) is 7. The summed E-state index contributed by atoms with van der Waals surface area (Å²) in [5, 5.41) is 19.2. The number of amides is 4. The standard InChI is InChI=1S/C27H34FN5O6S/c1-40-12-11-21(27(38)39)33-26(37)22(14-17-5-3-2-4-6-17)32-24(35)16-30-23(34)15-31-25(36)20(29)13-18-7-9-19(28)10-8-18/h2-10,20-22H,11-16,29H2,1H3,(H,30,34)(H,31,36)(H,32,35)(H,33,37)(H,38,39). The Kier molecular flexibility index (Phi) is 13.6. The number of thioether (sulfide) groups is 1. The molecule has 4 amide bonds. The highest BCUT2D eigenvalue weighted by Crippen LogP contribution is 2.07. The van der Waals surface area contributed by atoms with E-state index >= 15 is 0 Å². The van der Waals surface area contributed by atoms with Crippen LogP contribution in [0.15, 0.2) is 54.6 Å². The van der Waals surface area contributed by atoms with Crippen molar-refractivity contribution in [2.24, 2.45) is 5.73 Å². The SMILES string of the molecule is CSCCC(NC(=O)C(Cc1ccccc1)NC(=O)CNC(=O)CNC(=O)C(N)Cc1ccc(F)cc1)C(=O)O. The summed E-state index contributed by atoms with van der Waals surface area (Å²) < 4.78 is 13.0. The van der Waals surface area contributed by atoms with Crippen molar-refractivity contribution in [3.8, 4) is 0 Å². The molecule has 11 nitrogen and oxygen atoms in total. The Bertz CT molecular complexity index is 1150. The van der Waals surface area contributed by atoms with Gasteiger partial charge in [-0.05, 0) is 48.1 Å². The maximum absolute atomic E-state index is 13.0. The molecule has 0 bridgehead atoms. The number of nitrogens with one attached hydrogen (secondary N) is 4. The fourth-order valence-electron chi connectivity index (χ4n) is 3.58. The summed E-state index contributed by atoms with van der Waals surface area (Å²) in [7, 11) is 0. The zero-order valence-corrected chi connectivity index (χ0v) is 22.8. The molecular weight excluding hydrogens is 541 g/mol. The van der Waals surface area contributed by atoms with E-state index in [4.69, 9.17) is 5.73 Å². The average molecular weight is 576 g/mol. The molecule has 2 aromatic carbocycles. The van der Waals surface area contributed by atoms with Crippen molar-refractivity contribution in [3.05, 3.63) is 71.5 Å². The third kappa shape index (κ3) is 11.8. The number of aliphatic carboxylic acids is 1. The second-order valence-electron chi connectivity index (χ2n) is 8.92. The number of rotatable bonds is 16. The van der Waals surface area contributed by atoms with Gasteiger partial charge in [0.1, 0.15) is 17.9 Å². The Morgan fingerprint density at radius 2 is 1.45 bits per heavy atom. The summed E-state index contributed by atoms with van der Waals surface area (Å²) >= 11 is 1.44. The van der Waals surface area contributed by atoms with Crippen molar-refractivity contribution in [2.45, 2.75) is 37.4 Å². The van der Waals surface area contributed by atoms with Gasteiger partial charge in [-0.1, -0.05) is 42.5 Å². The summed E-state index contributed by atoms with van der Waals surface area (Å²) in [5.74, 6) is -3.68. The zero-order chi connectivity index (χ0) is 29.5. The highest BCUT2D eigenvalue weighted by atomic mass is 32.2. The largest absolute Gasteiger partial charge is 0.480 e. The van der Waals surface area contributed by atoms with Gasteiger partial charge in [-0.25, -0.2) is 9.18 Å². The smallest absolute Gasteiger partial charge is 0.326 e. The first kappa shape index (κ1) is 32.2. The van der Waals surface area contributed by atoms with Crippen LogP contribution < -0.4 is 27.0 Å². The van der Waals surface area contributed by atoms with E-state index in [0.717, 1.165) is 5.56 Å². The monoisotopic (exact) mass is 575 g/mol. The molecule has 0 spiro atoms. The molecule has 0 heterocycles. The third-order valence-corrected chi connectivity index (χ3v) is 6.38. The summed E-state index contributed by atoms with van der Waals surface area (Å²) in [6.45, 7) is -0.920. The minimum atomic E-state index is -1.18. The number of carboxylic acid groups (broad SMARTS) is 1. The van der Waals surface area contributed by atoms with Crippen LogP contribution in [0.25, 0.3) is 0 Å². The Labute approximate surface area is 235 Å². The van der Waals surface area contributed by atoms with Crippen molar-refractivity contribution in [2.75, 3.05) is 25.1 Å². The Hall–Kier alpha value is -3.97. The van der Waals surface area contributed by atoms with Gasteiger partial charge in [-0.3, -0.25) is 19.2 Å². The second kappa shape index (κ2) is 16.9. The van der Waals surface area contributed by atoms with Crippen molar-refractivity contribution in [3.63, 3.8) is 0 Å². The summed E-state index contributed by atoms with van der Waals surface area (Å²) in [4.78, 5) is 61.4. The summed E-state index contributed by atoms with van der Waals surface area (Å²) in [6, 6.07) is 11.2. The lowest BCUT2D eigenvalue weighted by Crippen LogP contribution is -2.54. The molecule has 216 valence electrons. The quantitative estimate of drug-likeness (QED) is 0.162. The van der Waals surface area contributed by atoms with Gasteiger partial charge in [0.15, 0.2) is 0 Å². The molecule has 0 aliphatic heterocycles. The number of halogens is 1. The lowest BCUT2D eigenvalue weighted by atomic mass is 10.0. The number of carbonyl (C=O) groups excluding carboxylic acids is 4. The molecule has 0 radical (unpaired) electrons. The van der Waals surface area contributed by atoms with Crippen molar-refractivity contribution < 1.29 is 33.5 Å². The molecule has 7 N–H and O–H groups in total. The van der Waals surface area contributed by atoms with Gasteiger partial charge in [0.05, 0.1) is 19.1 Å². The van der Waals surface area contributed by atoms with Crippen LogP contribution in [0, 0.1) is 5.82 Å². The fourth-order valence-corrected chi connectivity index (χ4v) is 4.05. The van der Waals surface area contributed by atoms with E-state index in [1.54, 1.807) is 30.3 Å². The summed E-state index contributed by atoms with van der Waals surface area (Å²) in [6.07, 6.45) is 2.27.